The molecule has 2 aromatic heterocycles. The molecule has 6 nitrogen and oxygen atoms in total. The van der Waals surface area contributed by atoms with Crippen molar-refractivity contribution >= 4 is 22.6 Å². The molecule has 0 fully saturated rings. The SMILES string of the molecule is CC(C(=O)Nc1ccc2c(c1)ncn2CCN(C)C)n1cccc1. The van der Waals surface area contributed by atoms with Crippen molar-refractivity contribution in [3.8, 4) is 0 Å². The highest BCUT2D eigenvalue weighted by Crippen LogP contribution is 2.19. The maximum absolute atomic E-state index is 12.4. The lowest BCUT2D eigenvalue weighted by molar-refractivity contribution is -0.118. The molecular weight excluding hydrogens is 302 g/mol. The summed E-state index contributed by atoms with van der Waals surface area (Å²) >= 11 is 0. The zero-order chi connectivity index (χ0) is 17.1. The number of nitrogens with zero attached hydrogens (tertiary/aromatic N) is 4. The van der Waals surface area contributed by atoms with Crippen molar-refractivity contribution in [1.29, 1.82) is 0 Å². The number of hydrogen-bond acceptors (Lipinski definition) is 3. The van der Waals surface area contributed by atoms with Crippen LogP contribution in [0.25, 0.3) is 11.0 Å². The van der Waals surface area contributed by atoms with Crippen LogP contribution in [0.1, 0.15) is 13.0 Å². The van der Waals surface area contributed by atoms with Gasteiger partial charge in [0.1, 0.15) is 6.04 Å². The lowest BCUT2D eigenvalue weighted by atomic mass is 10.2. The van der Waals surface area contributed by atoms with Crippen LogP contribution in [-0.4, -0.2) is 45.6 Å². The van der Waals surface area contributed by atoms with E-state index in [2.05, 4.69) is 33.9 Å². The predicted molar refractivity (Wildman–Crippen MR) is 96.1 cm³/mol. The zero-order valence-corrected chi connectivity index (χ0v) is 14.3. The van der Waals surface area contributed by atoms with Crippen LogP contribution < -0.4 is 5.32 Å². The van der Waals surface area contributed by atoms with E-state index in [9.17, 15) is 4.79 Å². The van der Waals surface area contributed by atoms with Gasteiger partial charge in [-0.15, -0.1) is 0 Å². The normalized spacial score (nSPS) is 12.7. The average Bonchev–Trinajstić information content (AvgIpc) is 3.21. The number of amides is 1. The third-order valence-corrected chi connectivity index (χ3v) is 4.13. The van der Waals surface area contributed by atoms with Crippen molar-refractivity contribution in [1.82, 2.24) is 19.0 Å². The van der Waals surface area contributed by atoms with E-state index >= 15 is 0 Å². The first kappa shape index (κ1) is 16.3. The third kappa shape index (κ3) is 3.49. The lowest BCUT2D eigenvalue weighted by Gasteiger charge is -2.14. The first-order valence-electron chi connectivity index (χ1n) is 8.07. The molecule has 0 bridgehead atoms. The Morgan fingerprint density at radius 1 is 1.29 bits per heavy atom. The smallest absolute Gasteiger partial charge is 0.247 e. The number of carbonyl (C=O) groups excluding carboxylic acids is 1. The molecule has 0 saturated carbocycles. The molecule has 126 valence electrons. The summed E-state index contributed by atoms with van der Waals surface area (Å²) < 4.78 is 4.01. The van der Waals surface area contributed by atoms with Gasteiger partial charge in [0.05, 0.1) is 17.4 Å². The summed E-state index contributed by atoms with van der Waals surface area (Å²) in [5.74, 6) is -0.0439. The molecule has 1 N–H and O–H groups in total. The molecule has 1 atom stereocenters. The third-order valence-electron chi connectivity index (χ3n) is 4.13. The molecule has 6 heteroatoms. The highest BCUT2D eigenvalue weighted by Gasteiger charge is 2.14. The van der Waals surface area contributed by atoms with Gasteiger partial charge in [0.2, 0.25) is 5.91 Å². The quantitative estimate of drug-likeness (QED) is 0.758. The summed E-state index contributed by atoms with van der Waals surface area (Å²) in [6, 6.07) is 9.42. The van der Waals surface area contributed by atoms with Gasteiger partial charge in [-0.3, -0.25) is 4.79 Å². The number of hydrogen-bond donors (Lipinski definition) is 1. The molecule has 0 aliphatic heterocycles. The van der Waals surface area contributed by atoms with Gasteiger partial charge in [-0.2, -0.15) is 0 Å². The van der Waals surface area contributed by atoms with Crippen molar-refractivity contribution in [2.24, 2.45) is 0 Å². The summed E-state index contributed by atoms with van der Waals surface area (Å²) in [6.07, 6.45) is 5.63. The van der Waals surface area contributed by atoms with Crippen LogP contribution in [0.2, 0.25) is 0 Å². The fourth-order valence-corrected chi connectivity index (χ4v) is 2.62. The van der Waals surface area contributed by atoms with Crippen LogP contribution >= 0.6 is 0 Å². The van der Waals surface area contributed by atoms with Gasteiger partial charge < -0.3 is 19.4 Å². The van der Waals surface area contributed by atoms with E-state index in [4.69, 9.17) is 0 Å². The Labute approximate surface area is 141 Å². The Balaban J connectivity index is 1.73. The zero-order valence-electron chi connectivity index (χ0n) is 14.3. The minimum atomic E-state index is -0.256. The predicted octanol–water partition coefficient (Wildman–Crippen LogP) is 2.60. The first-order chi connectivity index (χ1) is 11.5. The van der Waals surface area contributed by atoms with Crippen LogP contribution in [-0.2, 0) is 11.3 Å². The maximum Gasteiger partial charge on any atom is 0.247 e. The summed E-state index contributed by atoms with van der Waals surface area (Å²) in [5, 5.41) is 2.96. The second-order valence-corrected chi connectivity index (χ2v) is 6.24. The molecule has 0 spiro atoms. The van der Waals surface area contributed by atoms with E-state index in [0.717, 1.165) is 29.8 Å². The average molecular weight is 325 g/mol. The van der Waals surface area contributed by atoms with Gasteiger partial charge in [0.15, 0.2) is 0 Å². The highest BCUT2D eigenvalue weighted by atomic mass is 16.2. The molecule has 0 saturated heterocycles. The van der Waals surface area contributed by atoms with E-state index in [-0.39, 0.29) is 11.9 Å². The van der Waals surface area contributed by atoms with Crippen molar-refractivity contribution in [2.45, 2.75) is 19.5 Å². The summed E-state index contributed by atoms with van der Waals surface area (Å²) in [6.45, 7) is 3.72. The van der Waals surface area contributed by atoms with Gasteiger partial charge in [-0.1, -0.05) is 0 Å². The molecule has 1 amide bonds. The van der Waals surface area contributed by atoms with Crippen LogP contribution in [0.4, 0.5) is 5.69 Å². The standard InChI is InChI=1S/C18H23N5O/c1-14(22-8-4-5-9-22)18(24)20-15-6-7-17-16(12-15)19-13-23(17)11-10-21(2)3/h4-9,12-14H,10-11H2,1-3H3,(H,20,24). The van der Waals surface area contributed by atoms with Gasteiger partial charge in [0.25, 0.3) is 0 Å². The van der Waals surface area contributed by atoms with Crippen LogP contribution in [0.5, 0.6) is 0 Å². The molecule has 0 aliphatic carbocycles. The van der Waals surface area contributed by atoms with Crippen molar-refractivity contribution < 1.29 is 4.79 Å². The van der Waals surface area contributed by atoms with Crippen LogP contribution in [0, 0.1) is 0 Å². The number of benzene rings is 1. The van der Waals surface area contributed by atoms with E-state index in [1.807, 2.05) is 60.5 Å². The largest absolute Gasteiger partial charge is 0.342 e. The molecule has 1 aromatic carbocycles. The summed E-state index contributed by atoms with van der Waals surface area (Å²) in [4.78, 5) is 19.0. The number of fused-ring (bicyclic) bond motifs is 1. The van der Waals surface area contributed by atoms with Crippen LogP contribution in [0.15, 0.2) is 49.1 Å². The highest BCUT2D eigenvalue weighted by molar-refractivity contribution is 5.95. The first-order valence-corrected chi connectivity index (χ1v) is 8.07. The molecular formula is C18H23N5O. The van der Waals surface area contributed by atoms with E-state index in [0.29, 0.717) is 0 Å². The number of aromatic nitrogens is 3. The number of nitrogens with one attached hydrogen (secondary N) is 1. The van der Waals surface area contributed by atoms with Crippen LogP contribution in [0.3, 0.4) is 0 Å². The molecule has 0 aliphatic rings. The van der Waals surface area contributed by atoms with E-state index in [1.54, 1.807) is 0 Å². The van der Waals surface area contributed by atoms with E-state index < -0.39 is 0 Å². The van der Waals surface area contributed by atoms with Gasteiger partial charge in [0, 0.05) is 31.2 Å². The Morgan fingerprint density at radius 2 is 2.04 bits per heavy atom. The topological polar surface area (TPSA) is 55.1 Å². The molecule has 0 radical (unpaired) electrons. The summed E-state index contributed by atoms with van der Waals surface area (Å²) in [7, 11) is 4.11. The monoisotopic (exact) mass is 325 g/mol. The van der Waals surface area contributed by atoms with Crippen molar-refractivity contribution in [3.05, 3.63) is 49.1 Å². The number of anilines is 1. The number of imidazole rings is 1. The molecule has 3 aromatic rings. The molecule has 1 unspecified atom stereocenters. The van der Waals surface area contributed by atoms with E-state index in [1.165, 1.54) is 0 Å². The fourth-order valence-electron chi connectivity index (χ4n) is 2.62. The van der Waals surface area contributed by atoms with Crippen molar-refractivity contribution in [2.75, 3.05) is 26.0 Å². The number of carbonyl (C=O) groups is 1. The number of rotatable bonds is 6. The maximum atomic E-state index is 12.4. The van der Waals surface area contributed by atoms with Gasteiger partial charge >= 0.3 is 0 Å². The minimum Gasteiger partial charge on any atom is -0.342 e. The second kappa shape index (κ2) is 6.88. The molecule has 3 rings (SSSR count). The van der Waals surface area contributed by atoms with Gasteiger partial charge in [-0.05, 0) is 51.4 Å². The minimum absolute atomic E-state index is 0.0439. The lowest BCUT2D eigenvalue weighted by Crippen LogP contribution is -2.22. The molecule has 24 heavy (non-hydrogen) atoms. The second-order valence-electron chi connectivity index (χ2n) is 6.24. The Hall–Kier alpha value is -2.60. The Morgan fingerprint density at radius 3 is 2.75 bits per heavy atom. The van der Waals surface area contributed by atoms with Gasteiger partial charge in [-0.25, -0.2) is 4.98 Å². The number of likely N-dealkylation sites (N-methyl/N-ethyl adjacent to an activating group) is 1. The molecule has 2 heterocycles. The Bertz CT molecular complexity index is 819. The fraction of sp³-hybridized carbons (Fsp3) is 0.333. The van der Waals surface area contributed by atoms with Crippen molar-refractivity contribution in [3.63, 3.8) is 0 Å². The Kier molecular flexibility index (Phi) is 4.66. The summed E-state index contributed by atoms with van der Waals surface area (Å²) in [5.41, 5.74) is 2.73.